The van der Waals surface area contributed by atoms with Crippen molar-refractivity contribution in [2.45, 2.75) is 13.8 Å². The lowest BCUT2D eigenvalue weighted by atomic mass is 10.0. The molecule has 1 fully saturated rings. The second-order valence-electron chi connectivity index (χ2n) is 4.52. The quantitative estimate of drug-likeness (QED) is 0.697. The van der Waals surface area contributed by atoms with E-state index in [9.17, 15) is 0 Å². The van der Waals surface area contributed by atoms with Crippen LogP contribution in [0.2, 0.25) is 0 Å². The molecule has 0 aliphatic carbocycles. The second-order valence-corrected chi connectivity index (χ2v) is 4.52. The van der Waals surface area contributed by atoms with Crippen molar-refractivity contribution in [3.05, 3.63) is 29.8 Å². The Kier molecular flexibility index (Phi) is 2.64. The van der Waals surface area contributed by atoms with Gasteiger partial charge in [0.2, 0.25) is 0 Å². The molecule has 0 aromatic heterocycles. The van der Waals surface area contributed by atoms with Gasteiger partial charge < -0.3 is 4.90 Å². The Morgan fingerprint density at radius 3 is 2.53 bits per heavy atom. The third-order valence-corrected chi connectivity index (χ3v) is 3.33. The molecule has 0 amide bonds. The van der Waals surface area contributed by atoms with E-state index in [1.165, 1.54) is 5.69 Å². The highest BCUT2D eigenvalue weighted by atomic mass is 15.2. The molecule has 2 unspecified atom stereocenters. The Labute approximate surface area is 91.1 Å². The van der Waals surface area contributed by atoms with Gasteiger partial charge >= 0.3 is 0 Å². The number of benzene rings is 1. The van der Waals surface area contributed by atoms with Crippen molar-refractivity contribution >= 4 is 5.69 Å². The molecule has 78 valence electrons. The van der Waals surface area contributed by atoms with E-state index in [0.29, 0.717) is 0 Å². The number of nitriles is 1. The summed E-state index contributed by atoms with van der Waals surface area (Å²) in [7, 11) is 0. The summed E-state index contributed by atoms with van der Waals surface area (Å²) in [6.45, 7) is 6.80. The van der Waals surface area contributed by atoms with Gasteiger partial charge in [-0.05, 0) is 30.0 Å². The molecule has 0 bridgehead atoms. The fourth-order valence-corrected chi connectivity index (χ4v) is 2.11. The van der Waals surface area contributed by atoms with Gasteiger partial charge in [-0.1, -0.05) is 19.9 Å². The number of anilines is 1. The van der Waals surface area contributed by atoms with Crippen LogP contribution in [0.3, 0.4) is 0 Å². The van der Waals surface area contributed by atoms with Gasteiger partial charge in [0.1, 0.15) is 0 Å². The highest BCUT2D eigenvalue weighted by Crippen LogP contribution is 2.27. The van der Waals surface area contributed by atoms with Crippen LogP contribution in [-0.4, -0.2) is 13.1 Å². The van der Waals surface area contributed by atoms with Crippen LogP contribution in [0.5, 0.6) is 0 Å². The average molecular weight is 200 g/mol. The fraction of sp³-hybridized carbons (Fsp3) is 0.462. The van der Waals surface area contributed by atoms with Gasteiger partial charge in [0.25, 0.3) is 0 Å². The van der Waals surface area contributed by atoms with Gasteiger partial charge in [-0.2, -0.15) is 5.26 Å². The van der Waals surface area contributed by atoms with E-state index >= 15 is 0 Å². The van der Waals surface area contributed by atoms with Gasteiger partial charge in [0.05, 0.1) is 11.6 Å². The van der Waals surface area contributed by atoms with Crippen LogP contribution in [0.1, 0.15) is 19.4 Å². The van der Waals surface area contributed by atoms with E-state index in [-0.39, 0.29) is 0 Å². The monoisotopic (exact) mass is 200 g/mol. The summed E-state index contributed by atoms with van der Waals surface area (Å²) in [6, 6.07) is 10.1. The summed E-state index contributed by atoms with van der Waals surface area (Å²) in [6.07, 6.45) is 0. The maximum atomic E-state index is 8.84. The lowest BCUT2D eigenvalue weighted by Gasteiger charge is -2.18. The van der Waals surface area contributed by atoms with E-state index in [0.717, 1.165) is 30.5 Å². The SMILES string of the molecule is CC1CN(c2cccc(C#N)c2)CC1C. The molecule has 0 saturated carbocycles. The highest BCUT2D eigenvalue weighted by Gasteiger charge is 2.25. The lowest BCUT2D eigenvalue weighted by Crippen LogP contribution is -2.19. The maximum absolute atomic E-state index is 8.84. The summed E-state index contributed by atoms with van der Waals surface area (Å²) < 4.78 is 0. The first kappa shape index (κ1) is 10.0. The van der Waals surface area contributed by atoms with Crippen LogP contribution in [0, 0.1) is 23.2 Å². The molecule has 1 aliphatic rings. The molecular formula is C13H16N2. The van der Waals surface area contributed by atoms with Crippen LogP contribution < -0.4 is 4.90 Å². The van der Waals surface area contributed by atoms with Crippen molar-refractivity contribution < 1.29 is 0 Å². The van der Waals surface area contributed by atoms with Crippen molar-refractivity contribution in [3.63, 3.8) is 0 Å². The molecule has 1 heterocycles. The Bertz CT molecular complexity index is 382. The summed E-state index contributed by atoms with van der Waals surface area (Å²) in [5, 5.41) is 8.84. The topological polar surface area (TPSA) is 27.0 Å². The number of hydrogen-bond donors (Lipinski definition) is 0. The summed E-state index contributed by atoms with van der Waals surface area (Å²) in [5.41, 5.74) is 1.94. The van der Waals surface area contributed by atoms with Crippen molar-refractivity contribution in [2.24, 2.45) is 11.8 Å². The van der Waals surface area contributed by atoms with Crippen molar-refractivity contribution in [2.75, 3.05) is 18.0 Å². The largest absolute Gasteiger partial charge is 0.371 e. The molecule has 2 atom stereocenters. The van der Waals surface area contributed by atoms with E-state index in [2.05, 4.69) is 30.9 Å². The Hall–Kier alpha value is -1.49. The number of rotatable bonds is 1. The minimum Gasteiger partial charge on any atom is -0.371 e. The minimum atomic E-state index is 0.746. The molecule has 0 radical (unpaired) electrons. The second kappa shape index (κ2) is 3.94. The van der Waals surface area contributed by atoms with Crippen LogP contribution in [-0.2, 0) is 0 Å². The predicted molar refractivity (Wildman–Crippen MR) is 61.7 cm³/mol. The van der Waals surface area contributed by atoms with E-state index in [4.69, 9.17) is 5.26 Å². The molecule has 1 aliphatic heterocycles. The van der Waals surface area contributed by atoms with Gasteiger partial charge in [0, 0.05) is 18.8 Å². The van der Waals surface area contributed by atoms with E-state index in [1.807, 2.05) is 18.2 Å². The van der Waals surface area contributed by atoms with Crippen molar-refractivity contribution in [1.29, 1.82) is 5.26 Å². The molecule has 15 heavy (non-hydrogen) atoms. The van der Waals surface area contributed by atoms with Gasteiger partial charge in [0.15, 0.2) is 0 Å². The maximum Gasteiger partial charge on any atom is 0.0992 e. The fourth-order valence-electron chi connectivity index (χ4n) is 2.11. The van der Waals surface area contributed by atoms with Crippen LogP contribution >= 0.6 is 0 Å². The van der Waals surface area contributed by atoms with Crippen molar-refractivity contribution in [1.82, 2.24) is 0 Å². The average Bonchev–Trinajstić information content (AvgIpc) is 2.59. The van der Waals surface area contributed by atoms with Crippen LogP contribution in [0.25, 0.3) is 0 Å². The molecule has 1 aromatic carbocycles. The Balaban J connectivity index is 2.21. The molecule has 1 aromatic rings. The smallest absolute Gasteiger partial charge is 0.0992 e. The van der Waals surface area contributed by atoms with Gasteiger partial charge in [-0.15, -0.1) is 0 Å². The van der Waals surface area contributed by atoms with Crippen molar-refractivity contribution in [3.8, 4) is 6.07 Å². The standard InChI is InChI=1S/C13H16N2/c1-10-8-15(9-11(10)2)13-5-3-4-12(6-13)7-14/h3-6,10-11H,8-9H2,1-2H3. The third kappa shape index (κ3) is 1.97. The zero-order valence-corrected chi connectivity index (χ0v) is 9.27. The minimum absolute atomic E-state index is 0.746. The first-order chi connectivity index (χ1) is 7.20. The van der Waals surface area contributed by atoms with Gasteiger partial charge in [-0.25, -0.2) is 0 Å². The highest BCUT2D eigenvalue weighted by molar-refractivity contribution is 5.52. The zero-order valence-electron chi connectivity index (χ0n) is 9.27. The summed E-state index contributed by atoms with van der Waals surface area (Å²) in [4.78, 5) is 2.37. The zero-order chi connectivity index (χ0) is 10.8. The molecule has 1 saturated heterocycles. The molecular weight excluding hydrogens is 184 g/mol. The first-order valence-corrected chi connectivity index (χ1v) is 5.46. The van der Waals surface area contributed by atoms with Crippen LogP contribution in [0.15, 0.2) is 24.3 Å². The molecule has 2 nitrogen and oxygen atoms in total. The predicted octanol–water partition coefficient (Wildman–Crippen LogP) is 2.65. The molecule has 0 N–H and O–H groups in total. The van der Waals surface area contributed by atoms with E-state index < -0.39 is 0 Å². The molecule has 2 rings (SSSR count). The third-order valence-electron chi connectivity index (χ3n) is 3.33. The Morgan fingerprint density at radius 1 is 1.27 bits per heavy atom. The van der Waals surface area contributed by atoms with E-state index in [1.54, 1.807) is 0 Å². The van der Waals surface area contributed by atoms with Gasteiger partial charge in [-0.3, -0.25) is 0 Å². The molecule has 0 spiro atoms. The summed E-state index contributed by atoms with van der Waals surface area (Å²) >= 11 is 0. The number of hydrogen-bond acceptors (Lipinski definition) is 2. The first-order valence-electron chi connectivity index (χ1n) is 5.46. The lowest BCUT2D eigenvalue weighted by molar-refractivity contribution is 0.494. The Morgan fingerprint density at radius 2 is 1.93 bits per heavy atom. The molecule has 2 heteroatoms. The summed E-state index contributed by atoms with van der Waals surface area (Å²) in [5.74, 6) is 1.49. The normalized spacial score (nSPS) is 25.3. The number of nitrogens with zero attached hydrogens (tertiary/aromatic N) is 2. The van der Waals surface area contributed by atoms with Crippen LogP contribution in [0.4, 0.5) is 5.69 Å².